The maximum absolute atomic E-state index is 5.22. The fourth-order valence-corrected chi connectivity index (χ4v) is 2.33. The SMILES string of the molecule is CC.CC.CCc1ccc(C(C)(C)c2ccc(OC)cc2)cc1. The number of rotatable bonds is 4. The topological polar surface area (TPSA) is 9.23 Å². The fourth-order valence-electron chi connectivity index (χ4n) is 2.33. The quantitative estimate of drug-likeness (QED) is 0.615. The Kier molecular flexibility index (Phi) is 10.0. The summed E-state index contributed by atoms with van der Waals surface area (Å²) in [5.41, 5.74) is 4.04. The van der Waals surface area contributed by atoms with E-state index in [1.807, 2.05) is 39.8 Å². The first-order valence-electron chi connectivity index (χ1n) is 8.82. The van der Waals surface area contributed by atoms with Gasteiger partial charge >= 0.3 is 0 Å². The molecule has 128 valence electrons. The van der Waals surface area contributed by atoms with Crippen LogP contribution in [0, 0.1) is 0 Å². The fraction of sp³-hybridized carbons (Fsp3) is 0.455. The van der Waals surface area contributed by atoms with Crippen molar-refractivity contribution in [1.29, 1.82) is 0 Å². The van der Waals surface area contributed by atoms with Crippen molar-refractivity contribution in [3.05, 3.63) is 65.2 Å². The van der Waals surface area contributed by atoms with Crippen LogP contribution < -0.4 is 4.74 Å². The largest absolute Gasteiger partial charge is 0.497 e. The summed E-state index contributed by atoms with van der Waals surface area (Å²) in [5.74, 6) is 0.904. The summed E-state index contributed by atoms with van der Waals surface area (Å²) in [6.45, 7) is 14.7. The first-order valence-corrected chi connectivity index (χ1v) is 8.82. The Morgan fingerprint density at radius 3 is 1.48 bits per heavy atom. The average molecular weight is 315 g/mol. The summed E-state index contributed by atoms with van der Waals surface area (Å²) >= 11 is 0. The van der Waals surface area contributed by atoms with Crippen LogP contribution in [0.2, 0.25) is 0 Å². The zero-order valence-electron chi connectivity index (χ0n) is 16.2. The molecule has 0 aliphatic heterocycles. The highest BCUT2D eigenvalue weighted by atomic mass is 16.5. The van der Waals surface area contributed by atoms with Gasteiger partial charge in [-0.15, -0.1) is 0 Å². The molecule has 0 radical (unpaired) electrons. The van der Waals surface area contributed by atoms with Gasteiger partial charge in [-0.05, 0) is 35.2 Å². The molecule has 0 N–H and O–H groups in total. The molecular formula is C22H34O. The Hall–Kier alpha value is -1.76. The molecule has 0 amide bonds. The molecule has 0 fully saturated rings. The van der Waals surface area contributed by atoms with E-state index in [2.05, 4.69) is 57.2 Å². The Labute approximate surface area is 143 Å². The van der Waals surface area contributed by atoms with Crippen molar-refractivity contribution in [2.45, 2.75) is 60.3 Å². The summed E-state index contributed by atoms with van der Waals surface area (Å²) in [6.07, 6.45) is 1.09. The van der Waals surface area contributed by atoms with Gasteiger partial charge in [0.25, 0.3) is 0 Å². The molecule has 1 heteroatoms. The molecule has 0 aromatic heterocycles. The van der Waals surface area contributed by atoms with Crippen LogP contribution in [-0.2, 0) is 11.8 Å². The zero-order valence-corrected chi connectivity index (χ0v) is 16.2. The van der Waals surface area contributed by atoms with Crippen LogP contribution in [0.4, 0.5) is 0 Å². The summed E-state index contributed by atoms with van der Waals surface area (Å²) in [5, 5.41) is 0. The van der Waals surface area contributed by atoms with Crippen LogP contribution in [0.5, 0.6) is 5.75 Å². The Bertz CT molecular complexity index is 471. The van der Waals surface area contributed by atoms with E-state index in [0.717, 1.165) is 12.2 Å². The molecule has 0 unspecified atom stereocenters. The number of methoxy groups -OCH3 is 1. The lowest BCUT2D eigenvalue weighted by Gasteiger charge is -2.26. The standard InChI is InChI=1S/C18H22O.2C2H6/c1-5-14-6-8-15(9-7-14)18(2,3)16-10-12-17(19-4)13-11-16;2*1-2/h6-13H,5H2,1-4H3;2*1-2H3. The van der Waals surface area contributed by atoms with E-state index in [4.69, 9.17) is 4.74 Å². The van der Waals surface area contributed by atoms with E-state index < -0.39 is 0 Å². The maximum atomic E-state index is 5.22. The highest BCUT2D eigenvalue weighted by Gasteiger charge is 2.22. The van der Waals surface area contributed by atoms with Crippen LogP contribution >= 0.6 is 0 Å². The third-order valence-electron chi connectivity index (χ3n) is 3.90. The van der Waals surface area contributed by atoms with Crippen molar-refractivity contribution in [2.75, 3.05) is 7.11 Å². The van der Waals surface area contributed by atoms with Crippen LogP contribution in [0.25, 0.3) is 0 Å². The molecular weight excluding hydrogens is 280 g/mol. The normalized spacial score (nSPS) is 9.91. The lowest BCUT2D eigenvalue weighted by molar-refractivity contribution is 0.414. The smallest absolute Gasteiger partial charge is 0.118 e. The van der Waals surface area contributed by atoms with Gasteiger partial charge in [0.15, 0.2) is 0 Å². The van der Waals surface area contributed by atoms with Crippen molar-refractivity contribution < 1.29 is 4.74 Å². The predicted molar refractivity (Wildman–Crippen MR) is 104 cm³/mol. The van der Waals surface area contributed by atoms with Crippen LogP contribution in [0.15, 0.2) is 48.5 Å². The van der Waals surface area contributed by atoms with Crippen molar-refractivity contribution in [3.8, 4) is 5.75 Å². The van der Waals surface area contributed by atoms with E-state index in [9.17, 15) is 0 Å². The minimum Gasteiger partial charge on any atom is -0.497 e. The second-order valence-corrected chi connectivity index (χ2v) is 5.40. The van der Waals surface area contributed by atoms with Crippen molar-refractivity contribution in [1.82, 2.24) is 0 Å². The third-order valence-corrected chi connectivity index (χ3v) is 3.90. The molecule has 0 bridgehead atoms. The molecule has 1 nitrogen and oxygen atoms in total. The molecule has 0 spiro atoms. The number of hydrogen-bond donors (Lipinski definition) is 0. The maximum Gasteiger partial charge on any atom is 0.118 e. The van der Waals surface area contributed by atoms with Crippen molar-refractivity contribution in [2.24, 2.45) is 0 Å². The molecule has 23 heavy (non-hydrogen) atoms. The molecule has 0 atom stereocenters. The number of hydrogen-bond acceptors (Lipinski definition) is 1. The zero-order chi connectivity index (χ0) is 17.9. The monoisotopic (exact) mass is 314 g/mol. The van der Waals surface area contributed by atoms with Gasteiger partial charge in [-0.2, -0.15) is 0 Å². The van der Waals surface area contributed by atoms with Crippen LogP contribution in [0.3, 0.4) is 0 Å². The summed E-state index contributed by atoms with van der Waals surface area (Å²) in [4.78, 5) is 0. The molecule has 2 rings (SSSR count). The Morgan fingerprint density at radius 1 is 0.739 bits per heavy atom. The third kappa shape index (κ3) is 5.74. The molecule has 2 aromatic rings. The lowest BCUT2D eigenvalue weighted by atomic mass is 9.78. The molecule has 0 aliphatic carbocycles. The summed E-state index contributed by atoms with van der Waals surface area (Å²) < 4.78 is 5.22. The van der Waals surface area contributed by atoms with E-state index in [1.165, 1.54) is 16.7 Å². The lowest BCUT2D eigenvalue weighted by Crippen LogP contribution is -2.18. The van der Waals surface area contributed by atoms with Crippen LogP contribution in [-0.4, -0.2) is 7.11 Å². The van der Waals surface area contributed by atoms with E-state index in [1.54, 1.807) is 7.11 Å². The first kappa shape index (κ1) is 21.2. The molecule has 2 aromatic carbocycles. The van der Waals surface area contributed by atoms with Gasteiger partial charge in [-0.25, -0.2) is 0 Å². The molecule has 0 heterocycles. The highest BCUT2D eigenvalue weighted by molar-refractivity contribution is 5.40. The van der Waals surface area contributed by atoms with Gasteiger partial charge in [0.1, 0.15) is 5.75 Å². The van der Waals surface area contributed by atoms with E-state index in [-0.39, 0.29) is 5.41 Å². The van der Waals surface area contributed by atoms with E-state index >= 15 is 0 Å². The van der Waals surface area contributed by atoms with Gasteiger partial charge in [0, 0.05) is 5.41 Å². The minimum absolute atomic E-state index is 0.0124. The van der Waals surface area contributed by atoms with Crippen LogP contribution in [0.1, 0.15) is 65.2 Å². The predicted octanol–water partition coefficient (Wildman–Crippen LogP) is 6.64. The number of benzene rings is 2. The second kappa shape index (κ2) is 10.9. The van der Waals surface area contributed by atoms with Gasteiger partial charge in [-0.3, -0.25) is 0 Å². The Morgan fingerprint density at radius 2 is 1.13 bits per heavy atom. The van der Waals surface area contributed by atoms with Crippen molar-refractivity contribution in [3.63, 3.8) is 0 Å². The molecule has 0 aliphatic rings. The summed E-state index contributed by atoms with van der Waals surface area (Å²) in [7, 11) is 1.70. The van der Waals surface area contributed by atoms with Crippen molar-refractivity contribution >= 4 is 0 Å². The van der Waals surface area contributed by atoms with E-state index in [0.29, 0.717) is 0 Å². The Balaban J connectivity index is 0.00000112. The average Bonchev–Trinajstić information content (AvgIpc) is 2.65. The summed E-state index contributed by atoms with van der Waals surface area (Å²) in [6, 6.07) is 17.3. The van der Waals surface area contributed by atoms with Gasteiger partial charge in [-0.1, -0.05) is 84.9 Å². The number of aryl methyl sites for hydroxylation is 1. The molecule has 0 saturated carbocycles. The highest BCUT2D eigenvalue weighted by Crippen LogP contribution is 2.32. The van der Waals surface area contributed by atoms with Gasteiger partial charge in [0.2, 0.25) is 0 Å². The first-order chi connectivity index (χ1) is 11.1. The minimum atomic E-state index is 0.0124. The number of ether oxygens (including phenoxy) is 1. The van der Waals surface area contributed by atoms with Gasteiger partial charge in [0.05, 0.1) is 7.11 Å². The van der Waals surface area contributed by atoms with Gasteiger partial charge < -0.3 is 4.74 Å². The second-order valence-electron chi connectivity index (χ2n) is 5.40. The molecule has 0 saturated heterocycles.